The molecule has 10 heteroatoms. The number of hydrogen-bond acceptors (Lipinski definition) is 6. The zero-order valence-corrected chi connectivity index (χ0v) is 21.0. The van der Waals surface area contributed by atoms with E-state index < -0.39 is 10.0 Å². The Labute approximate surface area is 210 Å². The first-order chi connectivity index (χ1) is 16.8. The number of halogens is 1. The number of benzene rings is 2. The van der Waals surface area contributed by atoms with E-state index in [1.165, 1.54) is 10.2 Å². The topological polar surface area (TPSA) is 94.4 Å². The minimum Gasteiger partial charge on any atom is -0.380 e. The average molecular weight is 553 g/mol. The molecule has 8 nitrogen and oxygen atoms in total. The first-order valence-electron chi connectivity index (χ1n) is 11.1. The van der Waals surface area contributed by atoms with Crippen molar-refractivity contribution in [3.63, 3.8) is 0 Å². The highest BCUT2D eigenvalue weighted by Crippen LogP contribution is 2.38. The third-order valence-corrected chi connectivity index (χ3v) is 8.48. The highest BCUT2D eigenvalue weighted by atomic mass is 79.9. The van der Waals surface area contributed by atoms with Crippen molar-refractivity contribution in [3.05, 3.63) is 82.7 Å². The number of fused-ring (bicyclic) bond motifs is 1. The number of rotatable bonds is 5. The van der Waals surface area contributed by atoms with Gasteiger partial charge in [0.15, 0.2) is 5.65 Å². The summed E-state index contributed by atoms with van der Waals surface area (Å²) in [5, 5.41) is 0. The summed E-state index contributed by atoms with van der Waals surface area (Å²) in [6.07, 6.45) is 3.04. The monoisotopic (exact) mass is 552 g/mol. The van der Waals surface area contributed by atoms with E-state index >= 15 is 0 Å². The third kappa shape index (κ3) is 3.95. The standard InChI is InChI=1S/C25H21BrN4O4S/c26-21-10-27-23-22(28-21)20(11-30(23)35(32,33)12-17-4-2-1-3-5-17)18-6-8-19(9-7-18)24(31)29-13-25(14-29)15-34-16-25/h1-11H,12-16H2. The number of carbonyl (C=O) groups excluding carboxylic acids is 1. The molecule has 1 spiro atoms. The molecular formula is C25H21BrN4O4S. The van der Waals surface area contributed by atoms with Crippen molar-refractivity contribution in [1.29, 1.82) is 0 Å². The van der Waals surface area contributed by atoms with E-state index in [2.05, 4.69) is 25.9 Å². The summed E-state index contributed by atoms with van der Waals surface area (Å²) in [5.74, 6) is -0.172. The van der Waals surface area contributed by atoms with E-state index in [0.717, 1.165) is 31.9 Å². The number of nitrogens with zero attached hydrogens (tertiary/aromatic N) is 4. The lowest BCUT2D eigenvalue weighted by molar-refractivity contribution is -0.176. The molecule has 2 aromatic carbocycles. The zero-order chi connectivity index (χ0) is 24.2. The number of aromatic nitrogens is 3. The van der Waals surface area contributed by atoms with Crippen molar-refractivity contribution in [2.75, 3.05) is 26.3 Å². The average Bonchev–Trinajstić information content (AvgIpc) is 3.17. The van der Waals surface area contributed by atoms with Crippen LogP contribution in [0.4, 0.5) is 0 Å². The van der Waals surface area contributed by atoms with Crippen LogP contribution < -0.4 is 0 Å². The van der Waals surface area contributed by atoms with Crippen LogP contribution in [0, 0.1) is 5.41 Å². The fourth-order valence-electron chi connectivity index (χ4n) is 4.68. The van der Waals surface area contributed by atoms with Crippen LogP contribution in [0.15, 0.2) is 71.6 Å². The second-order valence-electron chi connectivity index (χ2n) is 9.18. The van der Waals surface area contributed by atoms with Crippen molar-refractivity contribution < 1.29 is 17.9 Å². The third-order valence-electron chi connectivity index (χ3n) is 6.52. The summed E-state index contributed by atoms with van der Waals surface area (Å²) in [7, 11) is -3.75. The molecule has 4 aromatic rings. The molecule has 0 atom stereocenters. The molecule has 0 N–H and O–H groups in total. The van der Waals surface area contributed by atoms with Gasteiger partial charge in [-0.05, 0) is 39.2 Å². The number of amides is 1. The smallest absolute Gasteiger partial charge is 0.253 e. The molecular weight excluding hydrogens is 532 g/mol. The first kappa shape index (κ1) is 22.4. The molecule has 2 fully saturated rings. The van der Waals surface area contributed by atoms with Crippen molar-refractivity contribution in [1.82, 2.24) is 18.8 Å². The molecule has 2 saturated heterocycles. The molecule has 35 heavy (non-hydrogen) atoms. The van der Waals surface area contributed by atoms with E-state index in [1.54, 1.807) is 30.5 Å². The van der Waals surface area contributed by atoms with Gasteiger partial charge in [-0.15, -0.1) is 0 Å². The van der Waals surface area contributed by atoms with E-state index in [9.17, 15) is 13.2 Å². The van der Waals surface area contributed by atoms with Gasteiger partial charge < -0.3 is 9.64 Å². The maximum atomic E-state index is 13.3. The second-order valence-corrected chi connectivity index (χ2v) is 11.8. The minimum atomic E-state index is -3.75. The maximum Gasteiger partial charge on any atom is 0.253 e. The maximum absolute atomic E-state index is 13.3. The molecule has 4 heterocycles. The van der Waals surface area contributed by atoms with Crippen LogP contribution >= 0.6 is 15.9 Å². The number of carbonyl (C=O) groups is 1. The van der Waals surface area contributed by atoms with Gasteiger partial charge in [-0.25, -0.2) is 22.4 Å². The highest BCUT2D eigenvalue weighted by Gasteiger charge is 2.50. The van der Waals surface area contributed by atoms with Crippen LogP contribution in [0.3, 0.4) is 0 Å². The number of ether oxygens (including phenoxy) is 1. The molecule has 178 valence electrons. The Morgan fingerprint density at radius 2 is 1.77 bits per heavy atom. The molecule has 0 saturated carbocycles. The van der Waals surface area contributed by atoms with E-state index in [-0.39, 0.29) is 22.7 Å². The lowest BCUT2D eigenvalue weighted by atomic mass is 9.78. The van der Waals surface area contributed by atoms with E-state index in [0.29, 0.717) is 26.8 Å². The fraction of sp³-hybridized carbons (Fsp3) is 0.240. The normalized spacial score (nSPS) is 16.8. The SMILES string of the molecule is O=C(c1ccc(-c2cn(S(=O)(=O)Cc3ccccc3)c3ncc(Br)nc23)cc1)N1CC2(COC2)C1. The summed E-state index contributed by atoms with van der Waals surface area (Å²) < 4.78 is 33.6. The van der Waals surface area contributed by atoms with Gasteiger partial charge in [0.1, 0.15) is 10.1 Å². The van der Waals surface area contributed by atoms with Crippen LogP contribution in [0.1, 0.15) is 15.9 Å². The van der Waals surface area contributed by atoms with Crippen molar-refractivity contribution in [2.45, 2.75) is 5.75 Å². The van der Waals surface area contributed by atoms with Gasteiger partial charge >= 0.3 is 0 Å². The molecule has 2 aromatic heterocycles. The van der Waals surface area contributed by atoms with Crippen LogP contribution in [0.2, 0.25) is 0 Å². The lowest BCUT2D eigenvalue weighted by Gasteiger charge is -2.54. The summed E-state index contributed by atoms with van der Waals surface area (Å²) in [6.45, 7) is 2.90. The molecule has 0 unspecified atom stereocenters. The Morgan fingerprint density at radius 1 is 1.06 bits per heavy atom. The quantitative estimate of drug-likeness (QED) is 0.374. The zero-order valence-electron chi connectivity index (χ0n) is 18.6. The van der Waals surface area contributed by atoms with Crippen molar-refractivity contribution in [3.8, 4) is 11.1 Å². The second kappa shape index (κ2) is 8.25. The van der Waals surface area contributed by atoms with Gasteiger partial charge in [-0.2, -0.15) is 0 Å². The lowest BCUT2D eigenvalue weighted by Crippen LogP contribution is -2.67. The minimum absolute atomic E-state index is 0.00974. The molecule has 2 aliphatic heterocycles. The predicted molar refractivity (Wildman–Crippen MR) is 134 cm³/mol. The summed E-state index contributed by atoms with van der Waals surface area (Å²) >= 11 is 3.34. The molecule has 1 amide bonds. The Morgan fingerprint density at radius 3 is 2.43 bits per heavy atom. The Hall–Kier alpha value is -3.08. The van der Waals surface area contributed by atoms with Gasteiger partial charge in [-0.1, -0.05) is 42.5 Å². The Bertz CT molecular complexity index is 1540. The van der Waals surface area contributed by atoms with Crippen molar-refractivity contribution >= 4 is 43.0 Å². The molecule has 6 rings (SSSR count). The van der Waals surface area contributed by atoms with Gasteiger partial charge in [0, 0.05) is 30.4 Å². The van der Waals surface area contributed by atoms with Gasteiger partial charge in [-0.3, -0.25) is 4.79 Å². The Kier molecular flexibility index (Phi) is 5.28. The molecule has 0 aliphatic carbocycles. The molecule has 0 radical (unpaired) electrons. The number of likely N-dealkylation sites (tertiary alicyclic amines) is 1. The van der Waals surface area contributed by atoms with Gasteiger partial charge in [0.05, 0.1) is 30.6 Å². The summed E-state index contributed by atoms with van der Waals surface area (Å²) in [4.78, 5) is 23.5. The molecule has 0 bridgehead atoms. The van der Waals surface area contributed by atoms with E-state index in [1.807, 2.05) is 35.2 Å². The van der Waals surface area contributed by atoms with Crippen LogP contribution in [-0.2, 0) is 20.5 Å². The van der Waals surface area contributed by atoms with Crippen LogP contribution in [-0.4, -0.2) is 59.5 Å². The predicted octanol–water partition coefficient (Wildman–Crippen LogP) is 3.71. The summed E-state index contributed by atoms with van der Waals surface area (Å²) in [6, 6.07) is 16.2. The van der Waals surface area contributed by atoms with Crippen molar-refractivity contribution in [2.24, 2.45) is 5.41 Å². The Balaban J connectivity index is 1.33. The number of hydrogen-bond donors (Lipinski definition) is 0. The van der Waals surface area contributed by atoms with Gasteiger partial charge in [0.2, 0.25) is 10.0 Å². The van der Waals surface area contributed by atoms with Gasteiger partial charge in [0.25, 0.3) is 5.91 Å². The fourth-order valence-corrected chi connectivity index (χ4v) is 6.37. The molecule has 2 aliphatic rings. The first-order valence-corrected chi connectivity index (χ1v) is 13.5. The largest absolute Gasteiger partial charge is 0.380 e. The van der Waals surface area contributed by atoms with E-state index in [4.69, 9.17) is 4.74 Å². The summed E-state index contributed by atoms with van der Waals surface area (Å²) in [5.41, 5.74) is 3.53. The highest BCUT2D eigenvalue weighted by molar-refractivity contribution is 9.10. The van der Waals surface area contributed by atoms with Crippen LogP contribution in [0.25, 0.3) is 22.3 Å². The van der Waals surface area contributed by atoms with Crippen LogP contribution in [0.5, 0.6) is 0 Å².